The predicted octanol–water partition coefficient (Wildman–Crippen LogP) is 3.72. The molecule has 0 fully saturated rings. The molecule has 20 heavy (non-hydrogen) atoms. The van der Waals surface area contributed by atoms with Gasteiger partial charge in [-0.05, 0) is 30.7 Å². The van der Waals surface area contributed by atoms with Crippen molar-refractivity contribution in [2.75, 3.05) is 19.8 Å². The first kappa shape index (κ1) is 16.8. The average molecular weight is 314 g/mol. The number of ether oxygens (including phenoxy) is 1. The molecule has 0 atom stereocenters. The van der Waals surface area contributed by atoms with E-state index in [1.54, 1.807) is 24.3 Å². The summed E-state index contributed by atoms with van der Waals surface area (Å²) < 4.78 is 5.27. The van der Waals surface area contributed by atoms with Crippen LogP contribution in [0.1, 0.15) is 12.5 Å². The molecule has 5 heteroatoms. The normalized spacial score (nSPS) is 10.8. The molecule has 0 radical (unpaired) electrons. The van der Waals surface area contributed by atoms with Gasteiger partial charge in [0.25, 0.3) is 0 Å². The molecule has 1 rings (SSSR count). The van der Waals surface area contributed by atoms with E-state index >= 15 is 0 Å². The van der Waals surface area contributed by atoms with Gasteiger partial charge in [-0.25, -0.2) is 0 Å². The fourth-order valence-corrected chi connectivity index (χ4v) is 1.83. The average Bonchev–Trinajstić information content (AvgIpc) is 2.37. The number of carbonyl (C=O) groups is 1. The first-order valence-corrected chi connectivity index (χ1v) is 6.87. The van der Waals surface area contributed by atoms with E-state index in [0.29, 0.717) is 29.8 Å². The quantitative estimate of drug-likeness (QED) is 0.473. The molecule has 1 N–H and O–H groups in total. The van der Waals surface area contributed by atoms with E-state index in [1.165, 1.54) is 6.08 Å². The molecule has 0 bridgehead atoms. The third-order valence-electron chi connectivity index (χ3n) is 2.27. The summed E-state index contributed by atoms with van der Waals surface area (Å²) in [5.74, 6) is -0.199. The molecule has 0 heterocycles. The van der Waals surface area contributed by atoms with Crippen molar-refractivity contribution in [2.45, 2.75) is 6.92 Å². The van der Waals surface area contributed by atoms with Crippen LogP contribution in [0.2, 0.25) is 10.0 Å². The number of halogens is 2. The van der Waals surface area contributed by atoms with Crippen LogP contribution in [0.5, 0.6) is 0 Å². The molecule has 0 spiro atoms. The van der Waals surface area contributed by atoms with Gasteiger partial charge in [0.15, 0.2) is 0 Å². The monoisotopic (exact) mass is 313 g/mol. The van der Waals surface area contributed by atoms with E-state index in [0.717, 1.165) is 11.1 Å². The van der Waals surface area contributed by atoms with E-state index < -0.39 is 0 Å². The molecular formula is C15H17Cl2NO2. The van der Waals surface area contributed by atoms with Crippen molar-refractivity contribution >= 4 is 35.2 Å². The van der Waals surface area contributed by atoms with Gasteiger partial charge in [0.1, 0.15) is 0 Å². The third-order valence-corrected chi connectivity index (χ3v) is 2.83. The first-order chi connectivity index (χ1) is 9.49. The van der Waals surface area contributed by atoms with Gasteiger partial charge in [0.05, 0.1) is 13.2 Å². The van der Waals surface area contributed by atoms with E-state index in [-0.39, 0.29) is 5.91 Å². The van der Waals surface area contributed by atoms with E-state index in [9.17, 15) is 4.79 Å². The Labute approximate surface area is 129 Å². The van der Waals surface area contributed by atoms with Crippen LogP contribution in [0.25, 0.3) is 6.08 Å². The molecule has 0 unspecified atom stereocenters. The minimum atomic E-state index is -0.199. The third kappa shape index (κ3) is 6.75. The van der Waals surface area contributed by atoms with Crippen molar-refractivity contribution in [3.05, 3.63) is 52.0 Å². The number of nitrogens with one attached hydrogen (secondary N) is 1. The number of carbonyl (C=O) groups excluding carboxylic acids is 1. The second kappa shape index (κ2) is 8.80. The summed E-state index contributed by atoms with van der Waals surface area (Å²) >= 11 is 11.8. The van der Waals surface area contributed by atoms with Gasteiger partial charge in [0, 0.05) is 22.7 Å². The van der Waals surface area contributed by atoms with Crippen molar-refractivity contribution in [1.29, 1.82) is 0 Å². The Kier molecular flexibility index (Phi) is 7.37. The Morgan fingerprint density at radius 1 is 1.45 bits per heavy atom. The second-order valence-electron chi connectivity index (χ2n) is 4.30. The van der Waals surface area contributed by atoms with Gasteiger partial charge in [-0.2, -0.15) is 0 Å². The summed E-state index contributed by atoms with van der Waals surface area (Å²) in [6.45, 7) is 7.01. The predicted molar refractivity (Wildman–Crippen MR) is 84.1 cm³/mol. The minimum absolute atomic E-state index is 0.199. The standard InChI is InChI=1S/C15H17Cl2NO2/c1-11(2)10-20-8-7-18-15(19)6-4-12-3-5-13(16)9-14(12)17/h3-6,9H,1,7-8,10H2,2H3,(H,18,19)/b6-4+. The maximum Gasteiger partial charge on any atom is 0.244 e. The van der Waals surface area contributed by atoms with E-state index in [1.807, 2.05) is 6.92 Å². The molecule has 108 valence electrons. The summed E-state index contributed by atoms with van der Waals surface area (Å²) in [5, 5.41) is 3.78. The minimum Gasteiger partial charge on any atom is -0.375 e. The highest BCUT2D eigenvalue weighted by molar-refractivity contribution is 6.35. The Morgan fingerprint density at radius 3 is 2.85 bits per heavy atom. The van der Waals surface area contributed by atoms with Gasteiger partial charge < -0.3 is 10.1 Å². The van der Waals surface area contributed by atoms with Crippen molar-refractivity contribution in [3.8, 4) is 0 Å². The van der Waals surface area contributed by atoms with Crippen LogP contribution in [0.3, 0.4) is 0 Å². The Hall–Kier alpha value is -1.29. The van der Waals surface area contributed by atoms with Crippen LogP contribution in [0.4, 0.5) is 0 Å². The van der Waals surface area contributed by atoms with Gasteiger partial charge >= 0.3 is 0 Å². The lowest BCUT2D eigenvalue weighted by atomic mass is 10.2. The van der Waals surface area contributed by atoms with Gasteiger partial charge in [0.2, 0.25) is 5.91 Å². The lowest BCUT2D eigenvalue weighted by Crippen LogP contribution is -2.25. The van der Waals surface area contributed by atoms with E-state index in [2.05, 4.69) is 11.9 Å². The van der Waals surface area contributed by atoms with Crippen LogP contribution in [0.15, 0.2) is 36.4 Å². The fraction of sp³-hybridized carbons (Fsp3) is 0.267. The van der Waals surface area contributed by atoms with Crippen LogP contribution < -0.4 is 5.32 Å². The Bertz CT molecular complexity index is 513. The zero-order valence-electron chi connectivity index (χ0n) is 11.3. The van der Waals surface area contributed by atoms with Crippen LogP contribution in [-0.2, 0) is 9.53 Å². The summed E-state index contributed by atoms with van der Waals surface area (Å²) in [6.07, 6.45) is 3.07. The van der Waals surface area contributed by atoms with Gasteiger partial charge in [-0.15, -0.1) is 0 Å². The maximum absolute atomic E-state index is 11.6. The van der Waals surface area contributed by atoms with Gasteiger partial charge in [-0.3, -0.25) is 4.79 Å². The van der Waals surface area contributed by atoms with Gasteiger partial charge in [-0.1, -0.05) is 41.4 Å². The summed E-state index contributed by atoms with van der Waals surface area (Å²) in [6, 6.07) is 5.10. The second-order valence-corrected chi connectivity index (χ2v) is 5.14. The van der Waals surface area contributed by atoms with Crippen molar-refractivity contribution < 1.29 is 9.53 Å². The molecule has 0 aliphatic heterocycles. The topological polar surface area (TPSA) is 38.3 Å². The fourth-order valence-electron chi connectivity index (χ4n) is 1.35. The summed E-state index contributed by atoms with van der Waals surface area (Å²) in [5.41, 5.74) is 1.69. The number of hydrogen-bond donors (Lipinski definition) is 1. The summed E-state index contributed by atoms with van der Waals surface area (Å²) in [4.78, 5) is 11.6. The van der Waals surface area contributed by atoms with Crippen molar-refractivity contribution in [3.63, 3.8) is 0 Å². The molecule has 0 aliphatic rings. The van der Waals surface area contributed by atoms with Crippen LogP contribution in [0, 0.1) is 0 Å². The summed E-state index contributed by atoms with van der Waals surface area (Å²) in [7, 11) is 0. The zero-order valence-corrected chi connectivity index (χ0v) is 12.8. The SMILES string of the molecule is C=C(C)COCCNC(=O)/C=C/c1ccc(Cl)cc1Cl. The molecular weight excluding hydrogens is 297 g/mol. The van der Waals surface area contributed by atoms with Crippen LogP contribution >= 0.6 is 23.2 Å². The molecule has 0 aromatic heterocycles. The smallest absolute Gasteiger partial charge is 0.244 e. The number of hydrogen-bond acceptors (Lipinski definition) is 2. The molecule has 0 aliphatic carbocycles. The lowest BCUT2D eigenvalue weighted by molar-refractivity contribution is -0.116. The Morgan fingerprint density at radius 2 is 2.20 bits per heavy atom. The highest BCUT2D eigenvalue weighted by atomic mass is 35.5. The molecule has 3 nitrogen and oxygen atoms in total. The molecule has 1 aromatic carbocycles. The highest BCUT2D eigenvalue weighted by Gasteiger charge is 1.99. The zero-order chi connectivity index (χ0) is 15.0. The lowest BCUT2D eigenvalue weighted by Gasteiger charge is -2.04. The van der Waals surface area contributed by atoms with Crippen LogP contribution in [-0.4, -0.2) is 25.7 Å². The van der Waals surface area contributed by atoms with E-state index in [4.69, 9.17) is 27.9 Å². The maximum atomic E-state index is 11.6. The Balaban J connectivity index is 2.34. The number of amides is 1. The van der Waals surface area contributed by atoms with Crippen molar-refractivity contribution in [1.82, 2.24) is 5.32 Å². The largest absolute Gasteiger partial charge is 0.375 e. The van der Waals surface area contributed by atoms with Crippen molar-refractivity contribution in [2.24, 2.45) is 0 Å². The number of benzene rings is 1. The highest BCUT2D eigenvalue weighted by Crippen LogP contribution is 2.21. The first-order valence-electron chi connectivity index (χ1n) is 6.12. The number of rotatable bonds is 7. The molecule has 1 amide bonds. The molecule has 1 aromatic rings. The molecule has 0 saturated heterocycles. The molecule has 0 saturated carbocycles.